The fourth-order valence-corrected chi connectivity index (χ4v) is 4.89. The van der Waals surface area contributed by atoms with E-state index in [-0.39, 0.29) is 17.2 Å². The van der Waals surface area contributed by atoms with Crippen LogP contribution < -0.4 is 15.4 Å². The number of aromatic hydroxyl groups is 1. The van der Waals surface area contributed by atoms with E-state index in [1.165, 1.54) is 0 Å². The third-order valence-corrected chi connectivity index (χ3v) is 5.56. The molecule has 1 fully saturated rings. The summed E-state index contributed by atoms with van der Waals surface area (Å²) >= 11 is 12.0. The number of thiocarbonyl (C=S) groups is 1. The second-order valence-corrected chi connectivity index (χ2v) is 8.55. The summed E-state index contributed by atoms with van der Waals surface area (Å²) in [6.45, 7) is 4.21. The van der Waals surface area contributed by atoms with Crippen molar-refractivity contribution in [3.8, 4) is 11.5 Å². The molecule has 0 aliphatic carbocycles. The highest BCUT2D eigenvalue weighted by Crippen LogP contribution is 2.48. The first-order valence-electron chi connectivity index (χ1n) is 8.64. The van der Waals surface area contributed by atoms with Crippen LogP contribution in [-0.2, 0) is 0 Å². The predicted molar refractivity (Wildman–Crippen MR) is 107 cm³/mol. The molecule has 136 valence electrons. The first-order chi connectivity index (χ1) is 12.3. The van der Waals surface area contributed by atoms with Gasteiger partial charge >= 0.3 is 0 Å². The first-order valence-corrected chi connectivity index (χ1v) is 9.42. The Morgan fingerprint density at radius 3 is 2.65 bits per heavy atom. The lowest BCUT2D eigenvalue weighted by atomic mass is 9.77. The minimum absolute atomic E-state index is 0.0391. The van der Waals surface area contributed by atoms with Crippen LogP contribution in [0.15, 0.2) is 42.5 Å². The number of hydrogen-bond acceptors (Lipinski definition) is 3. The zero-order chi connectivity index (χ0) is 18.5. The molecule has 0 unspecified atom stereocenters. The third-order valence-electron chi connectivity index (χ3n) is 5.01. The van der Waals surface area contributed by atoms with E-state index in [2.05, 4.69) is 24.5 Å². The zero-order valence-corrected chi connectivity index (χ0v) is 16.2. The summed E-state index contributed by atoms with van der Waals surface area (Å²) < 4.78 is 6.40. The van der Waals surface area contributed by atoms with E-state index in [9.17, 15) is 5.11 Å². The van der Waals surface area contributed by atoms with Crippen LogP contribution in [0.1, 0.15) is 43.7 Å². The summed E-state index contributed by atoms with van der Waals surface area (Å²) in [6, 6.07) is 13.1. The first kappa shape index (κ1) is 17.4. The van der Waals surface area contributed by atoms with Gasteiger partial charge < -0.3 is 20.5 Å². The topological polar surface area (TPSA) is 53.5 Å². The molecule has 2 aliphatic heterocycles. The summed E-state index contributed by atoms with van der Waals surface area (Å²) in [5.74, 6) is 0.876. The summed E-state index contributed by atoms with van der Waals surface area (Å²) in [5, 5.41) is 17.9. The molecule has 0 radical (unpaired) electrons. The zero-order valence-electron chi connectivity index (χ0n) is 14.7. The molecule has 1 saturated heterocycles. The molecule has 26 heavy (non-hydrogen) atoms. The molecule has 0 amide bonds. The fourth-order valence-electron chi connectivity index (χ4n) is 4.16. The number of benzene rings is 2. The molecule has 2 heterocycles. The van der Waals surface area contributed by atoms with Gasteiger partial charge in [0.15, 0.2) is 10.8 Å². The molecular formula is C20H21ClN2O2S. The predicted octanol–water partition coefficient (Wildman–Crippen LogP) is 4.30. The molecule has 0 bridgehead atoms. The van der Waals surface area contributed by atoms with E-state index in [0.717, 1.165) is 22.6 Å². The van der Waals surface area contributed by atoms with E-state index >= 15 is 0 Å². The van der Waals surface area contributed by atoms with Crippen molar-refractivity contribution in [1.82, 2.24) is 10.6 Å². The van der Waals surface area contributed by atoms with Crippen molar-refractivity contribution in [3.05, 3.63) is 58.6 Å². The van der Waals surface area contributed by atoms with Crippen molar-refractivity contribution < 1.29 is 9.84 Å². The van der Waals surface area contributed by atoms with Crippen LogP contribution in [0.25, 0.3) is 0 Å². The Bertz CT molecular complexity index is 886. The average Bonchev–Trinajstić information content (AvgIpc) is 2.52. The Labute approximate surface area is 163 Å². The Balaban J connectivity index is 1.84. The number of nitrogens with one attached hydrogen (secondary N) is 2. The molecule has 1 spiro atoms. The number of halogens is 1. The molecule has 2 aliphatic rings. The van der Waals surface area contributed by atoms with Gasteiger partial charge in [0.2, 0.25) is 0 Å². The van der Waals surface area contributed by atoms with Gasteiger partial charge in [-0.2, -0.15) is 0 Å². The molecule has 2 aromatic rings. The van der Waals surface area contributed by atoms with Crippen LogP contribution in [-0.4, -0.2) is 21.5 Å². The lowest BCUT2D eigenvalue weighted by Gasteiger charge is -2.50. The SMILES string of the molecule is CC1(C)C[C@@]2(C[C@H](c3ccccc3Cl)c3ccc(O)cc3O2)NC(=S)N1. The van der Waals surface area contributed by atoms with E-state index in [1.807, 2.05) is 30.3 Å². The van der Waals surface area contributed by atoms with E-state index in [1.54, 1.807) is 12.1 Å². The summed E-state index contributed by atoms with van der Waals surface area (Å²) in [4.78, 5) is 0. The monoisotopic (exact) mass is 388 g/mol. The van der Waals surface area contributed by atoms with Crippen molar-refractivity contribution >= 4 is 28.9 Å². The Kier molecular flexibility index (Phi) is 4.04. The van der Waals surface area contributed by atoms with E-state index in [4.69, 9.17) is 28.6 Å². The van der Waals surface area contributed by atoms with Gasteiger partial charge in [-0.1, -0.05) is 35.9 Å². The van der Waals surface area contributed by atoms with Gasteiger partial charge in [0, 0.05) is 41.0 Å². The molecule has 0 saturated carbocycles. The minimum atomic E-state index is -0.656. The van der Waals surface area contributed by atoms with Crippen LogP contribution >= 0.6 is 23.8 Å². The van der Waals surface area contributed by atoms with Gasteiger partial charge in [-0.25, -0.2) is 0 Å². The second-order valence-electron chi connectivity index (χ2n) is 7.74. The van der Waals surface area contributed by atoms with E-state index < -0.39 is 5.72 Å². The summed E-state index contributed by atoms with van der Waals surface area (Å²) in [7, 11) is 0. The molecule has 4 nitrogen and oxygen atoms in total. The Morgan fingerprint density at radius 2 is 1.92 bits per heavy atom. The summed E-state index contributed by atoms with van der Waals surface area (Å²) in [6.07, 6.45) is 1.41. The van der Waals surface area contributed by atoms with Crippen LogP contribution in [0.4, 0.5) is 0 Å². The van der Waals surface area contributed by atoms with Crippen molar-refractivity contribution in [2.24, 2.45) is 0 Å². The van der Waals surface area contributed by atoms with Crippen molar-refractivity contribution in [2.75, 3.05) is 0 Å². The molecule has 2 aromatic carbocycles. The maximum atomic E-state index is 9.98. The largest absolute Gasteiger partial charge is 0.508 e. The van der Waals surface area contributed by atoms with E-state index in [0.29, 0.717) is 17.3 Å². The highest BCUT2D eigenvalue weighted by Gasteiger charge is 2.48. The number of rotatable bonds is 1. The van der Waals surface area contributed by atoms with Gasteiger partial charge in [0.05, 0.1) is 0 Å². The third kappa shape index (κ3) is 3.10. The number of phenolic OH excluding ortho intramolecular Hbond substituents is 1. The standard InChI is InChI=1S/C20H21ClN2O2S/c1-19(2)11-20(23-18(26)22-19)10-15(13-5-3-4-6-16(13)21)14-8-7-12(24)9-17(14)25-20/h3-9,15,24H,10-11H2,1-2H3,(H2,22,23,26)/t15-,20+/m1/s1. The molecule has 6 heteroatoms. The summed E-state index contributed by atoms with van der Waals surface area (Å²) in [5.41, 5.74) is 1.21. The maximum absolute atomic E-state index is 9.98. The van der Waals surface area contributed by atoms with Gasteiger partial charge in [-0.05, 0) is 43.8 Å². The van der Waals surface area contributed by atoms with Crippen molar-refractivity contribution in [1.29, 1.82) is 0 Å². The smallest absolute Gasteiger partial charge is 0.185 e. The van der Waals surface area contributed by atoms with Gasteiger partial charge in [-0.3, -0.25) is 0 Å². The Morgan fingerprint density at radius 1 is 1.15 bits per heavy atom. The van der Waals surface area contributed by atoms with Crippen LogP contribution in [0, 0.1) is 0 Å². The van der Waals surface area contributed by atoms with Crippen molar-refractivity contribution in [3.63, 3.8) is 0 Å². The highest BCUT2D eigenvalue weighted by molar-refractivity contribution is 7.80. The minimum Gasteiger partial charge on any atom is -0.508 e. The number of ether oxygens (including phenoxy) is 1. The normalized spacial score (nSPS) is 26.4. The molecule has 3 N–H and O–H groups in total. The molecule has 4 rings (SSSR count). The van der Waals surface area contributed by atoms with Crippen molar-refractivity contribution in [2.45, 2.75) is 43.9 Å². The lowest BCUT2D eigenvalue weighted by molar-refractivity contribution is -0.0128. The fraction of sp³-hybridized carbons (Fsp3) is 0.350. The second kappa shape index (κ2) is 6.03. The lowest BCUT2D eigenvalue weighted by Crippen LogP contribution is -2.69. The number of phenols is 1. The number of hydrogen-bond donors (Lipinski definition) is 3. The number of fused-ring (bicyclic) bond motifs is 1. The maximum Gasteiger partial charge on any atom is 0.185 e. The quantitative estimate of drug-likeness (QED) is 0.636. The van der Waals surface area contributed by atoms with Crippen LogP contribution in [0.5, 0.6) is 11.5 Å². The van der Waals surface area contributed by atoms with Gasteiger partial charge in [0.1, 0.15) is 11.5 Å². The molecule has 2 atom stereocenters. The van der Waals surface area contributed by atoms with Crippen LogP contribution in [0.3, 0.4) is 0 Å². The van der Waals surface area contributed by atoms with Gasteiger partial charge in [-0.15, -0.1) is 0 Å². The Hall–Kier alpha value is -1.98. The average molecular weight is 389 g/mol. The van der Waals surface area contributed by atoms with Crippen LogP contribution in [0.2, 0.25) is 5.02 Å². The molecule has 0 aromatic heterocycles. The van der Waals surface area contributed by atoms with Gasteiger partial charge in [0.25, 0.3) is 0 Å². The molecular weight excluding hydrogens is 368 g/mol. The highest BCUT2D eigenvalue weighted by atomic mass is 35.5.